The molecule has 1 unspecified atom stereocenters. The van der Waals surface area contributed by atoms with Crippen LogP contribution in [0.4, 0.5) is 0 Å². The number of hydrogen-bond acceptors (Lipinski definition) is 5. The molecule has 1 aromatic rings. The average Bonchev–Trinajstić information content (AvgIpc) is 2.45. The van der Waals surface area contributed by atoms with E-state index >= 15 is 0 Å². The molecule has 1 atom stereocenters. The van der Waals surface area contributed by atoms with E-state index in [1.807, 2.05) is 20.8 Å². The Kier molecular flexibility index (Phi) is 7.88. The molecule has 0 amide bonds. The number of hydrogen-bond donors (Lipinski definition) is 0. The zero-order valence-electron chi connectivity index (χ0n) is 12.9. The lowest BCUT2D eigenvalue weighted by atomic mass is 10.2. The molecule has 0 fully saturated rings. The monoisotopic (exact) mass is 316 g/mol. The molecule has 1 aromatic carbocycles. The Balaban J connectivity index is 2.50. The standard InChI is InChI=1S/C15H24O5S/c1-4-18-12-14(19-5-2)10-11-20-21(16,17)15-8-6-13(3)7-9-15/h6-9,14H,4-5,10-12H2,1-3H3. The maximum absolute atomic E-state index is 12.0. The lowest BCUT2D eigenvalue weighted by Gasteiger charge is -2.16. The molecule has 0 radical (unpaired) electrons. The second-order valence-electron chi connectivity index (χ2n) is 4.61. The lowest BCUT2D eigenvalue weighted by molar-refractivity contribution is -0.0175. The van der Waals surface area contributed by atoms with Crippen LogP contribution >= 0.6 is 0 Å². The lowest BCUT2D eigenvalue weighted by Crippen LogP contribution is -2.23. The fraction of sp³-hybridized carbons (Fsp3) is 0.600. The van der Waals surface area contributed by atoms with Crippen LogP contribution in [0.3, 0.4) is 0 Å². The zero-order chi connectivity index (χ0) is 15.7. The normalized spacial score (nSPS) is 13.3. The van der Waals surface area contributed by atoms with Crippen LogP contribution in [0.2, 0.25) is 0 Å². The minimum absolute atomic E-state index is 0.0773. The third-order valence-electron chi connectivity index (χ3n) is 2.90. The van der Waals surface area contributed by atoms with Gasteiger partial charge in [0.15, 0.2) is 0 Å². The molecule has 21 heavy (non-hydrogen) atoms. The first-order chi connectivity index (χ1) is 9.99. The summed E-state index contributed by atoms with van der Waals surface area (Å²) in [6.07, 6.45) is 0.321. The van der Waals surface area contributed by atoms with E-state index < -0.39 is 10.1 Å². The van der Waals surface area contributed by atoms with Gasteiger partial charge in [0.25, 0.3) is 10.1 Å². The Bertz CT molecular complexity index is 495. The SMILES string of the molecule is CCOCC(CCOS(=O)(=O)c1ccc(C)cc1)OCC. The molecular weight excluding hydrogens is 292 g/mol. The minimum atomic E-state index is -3.70. The van der Waals surface area contributed by atoms with Crippen LogP contribution in [0.25, 0.3) is 0 Å². The van der Waals surface area contributed by atoms with E-state index in [9.17, 15) is 8.42 Å². The summed E-state index contributed by atoms with van der Waals surface area (Å²) in [5.41, 5.74) is 1.00. The molecule has 0 spiro atoms. The van der Waals surface area contributed by atoms with Gasteiger partial charge in [-0.1, -0.05) is 17.7 Å². The van der Waals surface area contributed by atoms with Gasteiger partial charge in [-0.05, 0) is 32.9 Å². The van der Waals surface area contributed by atoms with Gasteiger partial charge in [0.05, 0.1) is 24.2 Å². The minimum Gasteiger partial charge on any atom is -0.379 e. The number of ether oxygens (including phenoxy) is 2. The van der Waals surface area contributed by atoms with Crippen molar-refractivity contribution in [2.75, 3.05) is 26.4 Å². The molecule has 0 bridgehead atoms. The van der Waals surface area contributed by atoms with Gasteiger partial charge in [-0.3, -0.25) is 4.18 Å². The first-order valence-corrected chi connectivity index (χ1v) is 8.55. The highest BCUT2D eigenvalue weighted by Crippen LogP contribution is 2.14. The second kappa shape index (κ2) is 9.15. The maximum atomic E-state index is 12.0. The van der Waals surface area contributed by atoms with E-state index in [2.05, 4.69) is 0 Å². The molecule has 5 nitrogen and oxygen atoms in total. The topological polar surface area (TPSA) is 61.8 Å². The van der Waals surface area contributed by atoms with Gasteiger partial charge < -0.3 is 9.47 Å². The summed E-state index contributed by atoms with van der Waals surface area (Å²) in [6, 6.07) is 6.58. The average molecular weight is 316 g/mol. The molecule has 0 aliphatic carbocycles. The summed E-state index contributed by atoms with van der Waals surface area (Å²) >= 11 is 0. The summed E-state index contributed by atoms with van der Waals surface area (Å²) in [6.45, 7) is 7.38. The molecule has 120 valence electrons. The van der Waals surface area contributed by atoms with Crippen LogP contribution in [0.1, 0.15) is 25.8 Å². The van der Waals surface area contributed by atoms with E-state index in [1.165, 1.54) is 0 Å². The van der Waals surface area contributed by atoms with Crippen LogP contribution in [0.5, 0.6) is 0 Å². The summed E-state index contributed by atoms with van der Waals surface area (Å²) in [4.78, 5) is 0.172. The van der Waals surface area contributed by atoms with Gasteiger partial charge in [0.2, 0.25) is 0 Å². The van der Waals surface area contributed by atoms with Gasteiger partial charge in [-0.15, -0.1) is 0 Å². The van der Waals surface area contributed by atoms with Gasteiger partial charge in [0, 0.05) is 19.6 Å². The highest BCUT2D eigenvalue weighted by molar-refractivity contribution is 7.86. The summed E-state index contributed by atoms with van der Waals surface area (Å²) in [7, 11) is -3.70. The second-order valence-corrected chi connectivity index (χ2v) is 6.23. The van der Waals surface area contributed by atoms with Crippen LogP contribution in [0.15, 0.2) is 29.2 Å². The smallest absolute Gasteiger partial charge is 0.296 e. The van der Waals surface area contributed by atoms with Crippen molar-refractivity contribution in [2.24, 2.45) is 0 Å². The fourth-order valence-electron chi connectivity index (χ4n) is 1.76. The van der Waals surface area contributed by atoms with Crippen molar-refractivity contribution in [1.82, 2.24) is 0 Å². The van der Waals surface area contributed by atoms with Crippen molar-refractivity contribution in [1.29, 1.82) is 0 Å². The van der Waals surface area contributed by atoms with Gasteiger partial charge >= 0.3 is 0 Å². The molecule has 0 saturated carbocycles. The summed E-state index contributed by atoms with van der Waals surface area (Å²) < 4.78 is 39.8. The molecule has 6 heteroatoms. The third kappa shape index (κ3) is 6.56. The molecule has 0 aromatic heterocycles. The zero-order valence-corrected chi connectivity index (χ0v) is 13.7. The highest BCUT2D eigenvalue weighted by Gasteiger charge is 2.16. The van der Waals surface area contributed by atoms with Crippen LogP contribution in [-0.2, 0) is 23.8 Å². The van der Waals surface area contributed by atoms with E-state index in [0.29, 0.717) is 26.2 Å². The first-order valence-electron chi connectivity index (χ1n) is 7.15. The quantitative estimate of drug-likeness (QED) is 0.621. The molecule has 0 aliphatic heterocycles. The Hall–Kier alpha value is -0.950. The molecule has 0 N–H and O–H groups in total. The molecule has 0 aliphatic rings. The van der Waals surface area contributed by atoms with Crippen molar-refractivity contribution in [2.45, 2.75) is 38.2 Å². The summed E-state index contributed by atoms with van der Waals surface area (Å²) in [5, 5.41) is 0. The number of aryl methyl sites for hydroxylation is 1. The first kappa shape index (κ1) is 18.1. The van der Waals surface area contributed by atoms with Crippen molar-refractivity contribution in [3.8, 4) is 0 Å². The predicted molar refractivity (Wildman–Crippen MR) is 80.8 cm³/mol. The van der Waals surface area contributed by atoms with Crippen molar-refractivity contribution in [3.63, 3.8) is 0 Å². The van der Waals surface area contributed by atoms with Crippen LogP contribution in [0, 0.1) is 6.92 Å². The highest BCUT2D eigenvalue weighted by atomic mass is 32.2. The summed E-state index contributed by atoms with van der Waals surface area (Å²) in [5.74, 6) is 0. The van der Waals surface area contributed by atoms with E-state index in [4.69, 9.17) is 13.7 Å². The Labute approximate surface area is 127 Å². The Morgan fingerprint density at radius 1 is 1.10 bits per heavy atom. The third-order valence-corrected chi connectivity index (χ3v) is 4.22. The van der Waals surface area contributed by atoms with Gasteiger partial charge in [-0.2, -0.15) is 8.42 Å². The number of rotatable bonds is 10. The van der Waals surface area contributed by atoms with E-state index in [1.54, 1.807) is 24.3 Å². The van der Waals surface area contributed by atoms with Crippen LogP contribution in [-0.4, -0.2) is 40.9 Å². The van der Waals surface area contributed by atoms with E-state index in [-0.39, 0.29) is 17.6 Å². The molecule has 0 saturated heterocycles. The maximum Gasteiger partial charge on any atom is 0.296 e. The predicted octanol–water partition coefficient (Wildman–Crippen LogP) is 2.53. The Morgan fingerprint density at radius 3 is 2.33 bits per heavy atom. The van der Waals surface area contributed by atoms with Crippen molar-refractivity contribution in [3.05, 3.63) is 29.8 Å². The van der Waals surface area contributed by atoms with Crippen molar-refractivity contribution >= 4 is 10.1 Å². The van der Waals surface area contributed by atoms with E-state index in [0.717, 1.165) is 5.56 Å². The largest absolute Gasteiger partial charge is 0.379 e. The number of benzene rings is 1. The van der Waals surface area contributed by atoms with Crippen molar-refractivity contribution < 1.29 is 22.1 Å². The molecular formula is C15H24O5S. The van der Waals surface area contributed by atoms with Crippen LogP contribution < -0.4 is 0 Å². The Morgan fingerprint density at radius 2 is 1.76 bits per heavy atom. The molecule has 0 heterocycles. The fourth-order valence-corrected chi connectivity index (χ4v) is 2.68. The van der Waals surface area contributed by atoms with Gasteiger partial charge in [-0.25, -0.2) is 0 Å². The molecule has 1 rings (SSSR count). The van der Waals surface area contributed by atoms with Gasteiger partial charge in [0.1, 0.15) is 0 Å².